The van der Waals surface area contributed by atoms with Gasteiger partial charge < -0.3 is 23.1 Å². The summed E-state index contributed by atoms with van der Waals surface area (Å²) < 4.78 is 22.4. The van der Waals surface area contributed by atoms with E-state index in [1.165, 1.54) is 0 Å². The minimum Gasteiger partial charge on any atom is -0.481 e. The average molecular weight is 322 g/mol. The van der Waals surface area contributed by atoms with Gasteiger partial charge in [0, 0.05) is 19.8 Å². The molecule has 0 radical (unpaired) electrons. The van der Waals surface area contributed by atoms with Crippen molar-refractivity contribution < 1.29 is 32.7 Å². The molecule has 124 valence electrons. The van der Waals surface area contributed by atoms with Crippen molar-refractivity contribution in [3.8, 4) is 0 Å². The highest BCUT2D eigenvalue weighted by molar-refractivity contribution is 6.62. The van der Waals surface area contributed by atoms with Crippen LogP contribution in [-0.2, 0) is 27.6 Å². The molecule has 0 aliphatic carbocycles. The molecule has 7 nitrogen and oxygen atoms in total. The van der Waals surface area contributed by atoms with Gasteiger partial charge in [0.1, 0.15) is 0 Å². The lowest BCUT2D eigenvalue weighted by atomic mass is 10.3. The lowest BCUT2D eigenvalue weighted by molar-refractivity contribution is -0.152. The van der Waals surface area contributed by atoms with E-state index in [0.29, 0.717) is 26.2 Å². The van der Waals surface area contributed by atoms with E-state index in [1.807, 2.05) is 27.7 Å². The minimum atomic E-state index is -3.13. The second-order valence-corrected chi connectivity index (χ2v) is 6.90. The quantitative estimate of drug-likeness (QED) is 0.432. The predicted molar refractivity (Wildman–Crippen MR) is 77.7 cm³/mol. The van der Waals surface area contributed by atoms with Crippen LogP contribution in [0.15, 0.2) is 0 Å². The summed E-state index contributed by atoms with van der Waals surface area (Å²) in [4.78, 5) is 22.2. The Bertz CT molecular complexity index is 305. The van der Waals surface area contributed by atoms with E-state index in [9.17, 15) is 9.59 Å². The fraction of sp³-hybridized carbons (Fsp3) is 0.846. The summed E-state index contributed by atoms with van der Waals surface area (Å²) in [6, 6.07) is 0. The molecule has 1 atom stereocenters. The number of carbonyl (C=O) groups excluding carboxylic acids is 1. The third kappa shape index (κ3) is 7.03. The highest BCUT2D eigenvalue weighted by atomic mass is 28.4. The standard InChI is InChI=1S/C13H26O7Si/c1-5-13(20-12(16)10-9-11(14)15)21(17-6-2,18-7-3)19-8-4/h13H,5-10H2,1-4H3,(H,14,15). The number of esters is 1. The monoisotopic (exact) mass is 322 g/mol. The van der Waals surface area contributed by atoms with Gasteiger partial charge in [-0.3, -0.25) is 9.59 Å². The number of hydrogen-bond donors (Lipinski definition) is 1. The third-order valence-electron chi connectivity index (χ3n) is 2.62. The largest absolute Gasteiger partial charge is 0.544 e. The summed E-state index contributed by atoms with van der Waals surface area (Å²) in [5, 5.41) is 8.59. The van der Waals surface area contributed by atoms with E-state index in [2.05, 4.69) is 0 Å². The Morgan fingerprint density at radius 3 is 1.76 bits per heavy atom. The van der Waals surface area contributed by atoms with Crippen LogP contribution >= 0.6 is 0 Å². The third-order valence-corrected chi connectivity index (χ3v) is 6.01. The summed E-state index contributed by atoms with van der Waals surface area (Å²) in [5.41, 5.74) is -0.626. The van der Waals surface area contributed by atoms with Crippen LogP contribution in [0.3, 0.4) is 0 Å². The van der Waals surface area contributed by atoms with Crippen LogP contribution in [0.25, 0.3) is 0 Å². The summed E-state index contributed by atoms with van der Waals surface area (Å²) in [6.07, 6.45) is 0.0352. The molecule has 0 bridgehead atoms. The Balaban J connectivity index is 4.93. The maximum atomic E-state index is 11.7. The zero-order chi connectivity index (χ0) is 16.3. The second-order valence-electron chi connectivity index (χ2n) is 4.18. The van der Waals surface area contributed by atoms with Crippen LogP contribution in [0.1, 0.15) is 47.0 Å². The van der Waals surface area contributed by atoms with E-state index < -0.39 is 26.5 Å². The van der Waals surface area contributed by atoms with Gasteiger partial charge in [0.2, 0.25) is 0 Å². The van der Waals surface area contributed by atoms with Gasteiger partial charge in [0.25, 0.3) is 0 Å². The number of carboxylic acids is 1. The van der Waals surface area contributed by atoms with Gasteiger partial charge in [-0.15, -0.1) is 0 Å². The van der Waals surface area contributed by atoms with Crippen LogP contribution in [-0.4, -0.2) is 51.4 Å². The van der Waals surface area contributed by atoms with Crippen LogP contribution in [0.2, 0.25) is 0 Å². The smallest absolute Gasteiger partial charge is 0.481 e. The highest BCUT2D eigenvalue weighted by Crippen LogP contribution is 2.21. The summed E-state index contributed by atoms with van der Waals surface area (Å²) in [5.74, 6) is -1.62. The lowest BCUT2D eigenvalue weighted by Gasteiger charge is -2.34. The van der Waals surface area contributed by atoms with E-state index in [0.717, 1.165) is 0 Å². The number of carboxylic acid groups (broad SMARTS) is 1. The number of carbonyl (C=O) groups is 2. The number of rotatable bonds is 12. The average Bonchev–Trinajstić information content (AvgIpc) is 2.43. The van der Waals surface area contributed by atoms with E-state index in [-0.39, 0.29) is 12.8 Å². The maximum absolute atomic E-state index is 11.7. The summed E-state index contributed by atoms with van der Waals surface area (Å²) in [6.45, 7) is 8.45. The van der Waals surface area contributed by atoms with Gasteiger partial charge in [0.15, 0.2) is 5.73 Å². The molecule has 0 saturated heterocycles. The van der Waals surface area contributed by atoms with Crippen molar-refractivity contribution in [2.45, 2.75) is 52.7 Å². The van der Waals surface area contributed by atoms with Crippen LogP contribution in [0.5, 0.6) is 0 Å². The van der Waals surface area contributed by atoms with Crippen molar-refractivity contribution in [1.29, 1.82) is 0 Å². The molecule has 0 saturated carbocycles. The van der Waals surface area contributed by atoms with Crippen molar-refractivity contribution in [2.75, 3.05) is 19.8 Å². The normalized spacial score (nSPS) is 13.0. The Labute approximate surface area is 126 Å². The van der Waals surface area contributed by atoms with Gasteiger partial charge in [-0.25, -0.2) is 0 Å². The second kappa shape index (κ2) is 10.7. The van der Waals surface area contributed by atoms with Crippen molar-refractivity contribution in [1.82, 2.24) is 0 Å². The minimum absolute atomic E-state index is 0.180. The number of aliphatic carboxylic acids is 1. The van der Waals surface area contributed by atoms with Gasteiger partial charge in [-0.1, -0.05) is 6.92 Å². The zero-order valence-electron chi connectivity index (χ0n) is 13.2. The molecule has 1 unspecified atom stereocenters. The fourth-order valence-corrected chi connectivity index (χ4v) is 4.63. The van der Waals surface area contributed by atoms with E-state index in [4.69, 9.17) is 23.1 Å². The zero-order valence-corrected chi connectivity index (χ0v) is 14.2. The van der Waals surface area contributed by atoms with Crippen LogP contribution < -0.4 is 0 Å². The molecule has 1 N–H and O–H groups in total. The Hall–Kier alpha value is -0.963. The Morgan fingerprint density at radius 2 is 1.43 bits per heavy atom. The number of hydrogen-bond acceptors (Lipinski definition) is 6. The number of ether oxygens (including phenoxy) is 1. The Kier molecular flexibility index (Phi) is 10.2. The first-order valence-corrected chi connectivity index (χ1v) is 9.08. The van der Waals surface area contributed by atoms with Gasteiger partial charge in [0.05, 0.1) is 12.8 Å². The van der Waals surface area contributed by atoms with Crippen molar-refractivity contribution in [2.24, 2.45) is 0 Å². The Morgan fingerprint density at radius 1 is 0.952 bits per heavy atom. The van der Waals surface area contributed by atoms with Crippen LogP contribution in [0.4, 0.5) is 0 Å². The molecule has 0 aliphatic rings. The highest BCUT2D eigenvalue weighted by Gasteiger charge is 2.51. The molecular weight excluding hydrogens is 296 g/mol. The molecule has 0 aromatic rings. The van der Waals surface area contributed by atoms with E-state index >= 15 is 0 Å². The van der Waals surface area contributed by atoms with Crippen molar-refractivity contribution >= 4 is 20.7 Å². The molecule has 0 aromatic carbocycles. The molecule has 0 amide bonds. The van der Waals surface area contributed by atoms with Crippen LogP contribution in [0, 0.1) is 0 Å². The van der Waals surface area contributed by atoms with Crippen molar-refractivity contribution in [3.63, 3.8) is 0 Å². The SMILES string of the molecule is CCO[Si](OCC)(OCC)C(CC)OC(=O)CCC(=O)O. The fourth-order valence-electron chi connectivity index (χ4n) is 1.84. The first-order chi connectivity index (χ1) is 9.95. The van der Waals surface area contributed by atoms with E-state index in [1.54, 1.807) is 0 Å². The topological polar surface area (TPSA) is 91.3 Å². The molecule has 0 aromatic heterocycles. The first kappa shape index (κ1) is 20.0. The summed E-state index contributed by atoms with van der Waals surface area (Å²) >= 11 is 0. The molecule has 0 rings (SSSR count). The lowest BCUT2D eigenvalue weighted by Crippen LogP contribution is -2.58. The van der Waals surface area contributed by atoms with Crippen molar-refractivity contribution in [3.05, 3.63) is 0 Å². The molecule has 0 aliphatic heterocycles. The molecule has 0 spiro atoms. The van der Waals surface area contributed by atoms with Gasteiger partial charge in [-0.2, -0.15) is 0 Å². The molecular formula is C13H26O7Si. The maximum Gasteiger partial charge on any atom is 0.544 e. The molecule has 0 fully saturated rings. The van der Waals surface area contributed by atoms with Gasteiger partial charge in [-0.05, 0) is 27.2 Å². The molecule has 8 heteroatoms. The molecule has 0 heterocycles. The molecule has 21 heavy (non-hydrogen) atoms. The first-order valence-electron chi connectivity index (χ1n) is 7.28. The van der Waals surface area contributed by atoms with Gasteiger partial charge >= 0.3 is 20.7 Å². The summed E-state index contributed by atoms with van der Waals surface area (Å²) in [7, 11) is -3.13. The predicted octanol–water partition coefficient (Wildman–Crippen LogP) is 1.76.